The van der Waals surface area contributed by atoms with Crippen LogP contribution in [-0.2, 0) is 6.54 Å². The van der Waals surface area contributed by atoms with Crippen LogP contribution in [0.5, 0.6) is 5.75 Å². The molecule has 0 radical (unpaired) electrons. The molecule has 4 heteroatoms. The summed E-state index contributed by atoms with van der Waals surface area (Å²) in [5.41, 5.74) is 6.61. The third-order valence-corrected chi connectivity index (χ3v) is 2.82. The van der Waals surface area contributed by atoms with Gasteiger partial charge in [0, 0.05) is 11.6 Å². The van der Waals surface area contributed by atoms with Crippen LogP contribution in [0.2, 0.25) is 5.02 Å². The molecule has 90 valence electrons. The number of halogens is 1. The molecule has 0 saturated carbocycles. The second-order valence-corrected chi connectivity index (χ2v) is 4.34. The Kier molecular flexibility index (Phi) is 5.60. The van der Waals surface area contributed by atoms with Crippen LogP contribution in [0, 0.1) is 5.92 Å². The summed E-state index contributed by atoms with van der Waals surface area (Å²) in [7, 11) is 1.63. The van der Waals surface area contributed by atoms with Crippen LogP contribution in [0.3, 0.4) is 0 Å². The maximum atomic E-state index is 6.11. The highest BCUT2D eigenvalue weighted by molar-refractivity contribution is 6.31. The Balaban J connectivity index is 2.48. The largest absolute Gasteiger partial charge is 0.497 e. The molecule has 1 aromatic carbocycles. The highest BCUT2D eigenvalue weighted by atomic mass is 35.5. The molecule has 0 aromatic heterocycles. The zero-order chi connectivity index (χ0) is 12.0. The van der Waals surface area contributed by atoms with Gasteiger partial charge in [0.15, 0.2) is 0 Å². The summed E-state index contributed by atoms with van der Waals surface area (Å²) in [4.78, 5) is 0. The number of benzene rings is 1. The molecule has 0 amide bonds. The van der Waals surface area contributed by atoms with Crippen LogP contribution in [0.15, 0.2) is 18.2 Å². The normalized spacial score (nSPS) is 12.5. The van der Waals surface area contributed by atoms with Gasteiger partial charge in [-0.05, 0) is 36.7 Å². The van der Waals surface area contributed by atoms with Gasteiger partial charge < -0.3 is 15.8 Å². The van der Waals surface area contributed by atoms with Crippen LogP contribution < -0.4 is 15.8 Å². The summed E-state index contributed by atoms with van der Waals surface area (Å²) in [5, 5.41) is 4.05. The minimum absolute atomic E-state index is 0.483. The van der Waals surface area contributed by atoms with Crippen molar-refractivity contribution in [3.8, 4) is 5.75 Å². The molecule has 1 aromatic rings. The van der Waals surface area contributed by atoms with Crippen molar-refractivity contribution in [2.75, 3.05) is 20.2 Å². The van der Waals surface area contributed by atoms with E-state index in [9.17, 15) is 0 Å². The Hall–Kier alpha value is -0.770. The fraction of sp³-hybridized carbons (Fsp3) is 0.500. The van der Waals surface area contributed by atoms with E-state index in [2.05, 4.69) is 12.2 Å². The Morgan fingerprint density at radius 3 is 2.81 bits per heavy atom. The highest BCUT2D eigenvalue weighted by Crippen LogP contribution is 2.22. The number of ether oxygens (including phenoxy) is 1. The first-order valence-corrected chi connectivity index (χ1v) is 5.78. The van der Waals surface area contributed by atoms with Gasteiger partial charge in [-0.1, -0.05) is 24.6 Å². The molecule has 1 unspecified atom stereocenters. The standard InChI is InChI=1S/C12H19ClN2O/c1-9(6-14)7-15-8-10-3-4-11(16-2)5-12(10)13/h3-5,9,15H,6-8,14H2,1-2H3. The van der Waals surface area contributed by atoms with E-state index in [0.29, 0.717) is 12.5 Å². The molecule has 3 N–H and O–H groups in total. The first-order chi connectivity index (χ1) is 7.67. The zero-order valence-corrected chi connectivity index (χ0v) is 10.6. The van der Waals surface area contributed by atoms with Gasteiger partial charge in [-0.25, -0.2) is 0 Å². The minimum atomic E-state index is 0.483. The number of nitrogens with two attached hydrogens (primary N) is 1. The van der Waals surface area contributed by atoms with Gasteiger partial charge >= 0.3 is 0 Å². The Morgan fingerprint density at radius 2 is 2.25 bits per heavy atom. The SMILES string of the molecule is COc1ccc(CNCC(C)CN)c(Cl)c1. The average molecular weight is 243 g/mol. The summed E-state index contributed by atoms with van der Waals surface area (Å²) in [6, 6.07) is 5.71. The van der Waals surface area contributed by atoms with Crippen molar-refractivity contribution >= 4 is 11.6 Å². The molecule has 0 aliphatic heterocycles. The predicted octanol–water partition coefficient (Wildman–Crippen LogP) is 2.03. The van der Waals surface area contributed by atoms with Crippen molar-refractivity contribution in [3.63, 3.8) is 0 Å². The molecule has 0 aliphatic carbocycles. The minimum Gasteiger partial charge on any atom is -0.497 e. The number of methoxy groups -OCH3 is 1. The topological polar surface area (TPSA) is 47.3 Å². The molecule has 1 rings (SSSR count). The fourth-order valence-electron chi connectivity index (χ4n) is 1.33. The number of rotatable bonds is 6. The number of nitrogens with one attached hydrogen (secondary N) is 1. The number of hydrogen-bond acceptors (Lipinski definition) is 3. The van der Waals surface area contributed by atoms with Crippen molar-refractivity contribution in [3.05, 3.63) is 28.8 Å². The third-order valence-electron chi connectivity index (χ3n) is 2.47. The maximum Gasteiger partial charge on any atom is 0.120 e. The molecule has 0 spiro atoms. The second kappa shape index (κ2) is 6.74. The van der Waals surface area contributed by atoms with E-state index >= 15 is 0 Å². The van der Waals surface area contributed by atoms with E-state index in [1.54, 1.807) is 7.11 Å². The van der Waals surface area contributed by atoms with E-state index in [1.165, 1.54) is 0 Å². The Bertz CT molecular complexity index is 331. The smallest absolute Gasteiger partial charge is 0.120 e. The van der Waals surface area contributed by atoms with Crippen LogP contribution >= 0.6 is 11.6 Å². The summed E-state index contributed by atoms with van der Waals surface area (Å²) in [6.07, 6.45) is 0. The van der Waals surface area contributed by atoms with Gasteiger partial charge in [-0.15, -0.1) is 0 Å². The van der Waals surface area contributed by atoms with Gasteiger partial charge in [0.1, 0.15) is 5.75 Å². The van der Waals surface area contributed by atoms with Crippen molar-refractivity contribution in [1.82, 2.24) is 5.32 Å². The van der Waals surface area contributed by atoms with E-state index < -0.39 is 0 Å². The van der Waals surface area contributed by atoms with Crippen LogP contribution in [0.4, 0.5) is 0 Å². The molecule has 3 nitrogen and oxygen atoms in total. The van der Waals surface area contributed by atoms with Crippen molar-refractivity contribution < 1.29 is 4.74 Å². The average Bonchev–Trinajstić information content (AvgIpc) is 2.30. The fourth-order valence-corrected chi connectivity index (χ4v) is 1.57. The summed E-state index contributed by atoms with van der Waals surface area (Å²) in [5.74, 6) is 1.26. The summed E-state index contributed by atoms with van der Waals surface area (Å²) >= 11 is 6.11. The van der Waals surface area contributed by atoms with Gasteiger partial charge in [0.2, 0.25) is 0 Å². The molecular formula is C12H19ClN2O. The summed E-state index contributed by atoms with van der Waals surface area (Å²) < 4.78 is 5.09. The molecule has 0 bridgehead atoms. The highest BCUT2D eigenvalue weighted by Gasteiger charge is 2.03. The van der Waals surface area contributed by atoms with E-state index in [0.717, 1.165) is 29.4 Å². The van der Waals surface area contributed by atoms with Crippen molar-refractivity contribution in [2.45, 2.75) is 13.5 Å². The second-order valence-electron chi connectivity index (χ2n) is 3.93. The maximum absolute atomic E-state index is 6.11. The lowest BCUT2D eigenvalue weighted by Crippen LogP contribution is -2.25. The predicted molar refractivity (Wildman–Crippen MR) is 67.9 cm³/mol. The monoisotopic (exact) mass is 242 g/mol. The van der Waals surface area contributed by atoms with Gasteiger partial charge in [0.05, 0.1) is 7.11 Å². The first kappa shape index (κ1) is 13.3. The molecule has 0 fully saturated rings. The van der Waals surface area contributed by atoms with E-state index in [4.69, 9.17) is 22.1 Å². The third kappa shape index (κ3) is 4.00. The quantitative estimate of drug-likeness (QED) is 0.803. The lowest BCUT2D eigenvalue weighted by molar-refractivity contribution is 0.414. The molecule has 0 aliphatic rings. The summed E-state index contributed by atoms with van der Waals surface area (Å²) in [6.45, 7) is 4.47. The zero-order valence-electron chi connectivity index (χ0n) is 9.79. The van der Waals surface area contributed by atoms with Crippen LogP contribution in [-0.4, -0.2) is 20.2 Å². The molecular weight excluding hydrogens is 224 g/mol. The van der Waals surface area contributed by atoms with Crippen molar-refractivity contribution in [1.29, 1.82) is 0 Å². The van der Waals surface area contributed by atoms with E-state index in [-0.39, 0.29) is 0 Å². The van der Waals surface area contributed by atoms with Gasteiger partial charge in [-0.2, -0.15) is 0 Å². The first-order valence-electron chi connectivity index (χ1n) is 5.40. The number of hydrogen-bond donors (Lipinski definition) is 2. The lowest BCUT2D eigenvalue weighted by atomic mass is 10.1. The molecule has 16 heavy (non-hydrogen) atoms. The van der Waals surface area contributed by atoms with Gasteiger partial charge in [0.25, 0.3) is 0 Å². The molecule has 0 heterocycles. The Morgan fingerprint density at radius 1 is 1.50 bits per heavy atom. The van der Waals surface area contributed by atoms with E-state index in [1.807, 2.05) is 18.2 Å². The van der Waals surface area contributed by atoms with Gasteiger partial charge in [-0.3, -0.25) is 0 Å². The van der Waals surface area contributed by atoms with Crippen LogP contribution in [0.25, 0.3) is 0 Å². The lowest BCUT2D eigenvalue weighted by Gasteiger charge is -2.11. The Labute approximate surface area is 102 Å². The van der Waals surface area contributed by atoms with Crippen LogP contribution in [0.1, 0.15) is 12.5 Å². The van der Waals surface area contributed by atoms with Crippen molar-refractivity contribution in [2.24, 2.45) is 11.7 Å². The molecule has 0 saturated heterocycles. The molecule has 1 atom stereocenters.